The van der Waals surface area contributed by atoms with E-state index in [1.807, 2.05) is 42.5 Å². The average molecular weight is 451 g/mol. The summed E-state index contributed by atoms with van der Waals surface area (Å²) in [4.78, 5) is 12.0. The molecule has 1 heterocycles. The predicted octanol–water partition coefficient (Wildman–Crippen LogP) is 4.80. The summed E-state index contributed by atoms with van der Waals surface area (Å²) in [5, 5.41) is 12.7. The molecule has 166 valence electrons. The van der Waals surface area contributed by atoms with E-state index in [0.29, 0.717) is 16.9 Å². The Labute approximate surface area is 188 Å². The van der Waals surface area contributed by atoms with Gasteiger partial charge in [0.15, 0.2) is 0 Å². The lowest BCUT2D eigenvalue weighted by molar-refractivity contribution is -0.138. The summed E-state index contributed by atoms with van der Waals surface area (Å²) in [6.07, 6.45) is 0. The number of aliphatic carboxylic acids is 1. The zero-order chi connectivity index (χ0) is 23.1. The molecule has 0 saturated heterocycles. The molecule has 0 radical (unpaired) electrons. The number of carboxylic acids is 1. The Morgan fingerprint density at radius 2 is 1.62 bits per heavy atom. The van der Waals surface area contributed by atoms with E-state index in [9.17, 15) is 18.3 Å². The van der Waals surface area contributed by atoms with E-state index in [1.165, 1.54) is 6.07 Å². The van der Waals surface area contributed by atoms with Gasteiger partial charge < -0.3 is 10.4 Å². The van der Waals surface area contributed by atoms with Crippen LogP contribution in [0.5, 0.6) is 0 Å². The van der Waals surface area contributed by atoms with Crippen molar-refractivity contribution in [1.82, 2.24) is 0 Å². The van der Waals surface area contributed by atoms with Crippen molar-refractivity contribution in [3.05, 3.63) is 89.5 Å². The van der Waals surface area contributed by atoms with Gasteiger partial charge in [-0.1, -0.05) is 63.2 Å². The highest BCUT2D eigenvalue weighted by Gasteiger charge is 2.38. The van der Waals surface area contributed by atoms with Crippen LogP contribution in [0.4, 0.5) is 11.4 Å². The molecule has 1 aliphatic heterocycles. The first-order valence-corrected chi connectivity index (χ1v) is 11.9. The number of nitrogens with one attached hydrogen (secondary N) is 2. The summed E-state index contributed by atoms with van der Waals surface area (Å²) in [5.74, 6) is -1.48. The van der Waals surface area contributed by atoms with Crippen LogP contribution in [0.2, 0.25) is 0 Å². The number of hydrogen-bond acceptors (Lipinski definition) is 4. The van der Waals surface area contributed by atoms with Crippen molar-refractivity contribution < 1.29 is 18.3 Å². The van der Waals surface area contributed by atoms with Gasteiger partial charge in [-0.2, -0.15) is 0 Å². The van der Waals surface area contributed by atoms with Gasteiger partial charge in [0.05, 0.1) is 4.90 Å². The number of carbonyl (C=O) groups is 1. The van der Waals surface area contributed by atoms with Crippen LogP contribution in [0.25, 0.3) is 0 Å². The zero-order valence-electron chi connectivity index (χ0n) is 18.2. The molecule has 0 amide bonds. The van der Waals surface area contributed by atoms with Gasteiger partial charge in [-0.05, 0) is 52.4 Å². The maximum Gasteiger partial charge on any atom is 0.327 e. The number of sulfonamides is 1. The van der Waals surface area contributed by atoms with E-state index in [-0.39, 0.29) is 10.3 Å². The summed E-state index contributed by atoms with van der Waals surface area (Å²) in [6, 6.07) is 20.4. The van der Waals surface area contributed by atoms with Crippen LogP contribution in [0.1, 0.15) is 43.4 Å². The molecule has 6 nitrogen and oxygen atoms in total. The molecular weight excluding hydrogens is 424 g/mol. The minimum absolute atomic E-state index is 0.0302. The lowest BCUT2D eigenvalue weighted by Crippen LogP contribution is -2.30. The SMILES string of the molecule is CC(C)(C)c1ccc(NS(=O)(=O)c2ccc3c(c2)C(c2ccccc2)C(C(=O)O)N3)cc1. The molecule has 3 aromatic carbocycles. The standard InChI is InChI=1S/C25H26N2O4S/c1-25(2,3)17-9-11-18(12-10-17)27-32(30,31)19-13-14-21-20(15-19)22(23(26-21)24(28)29)16-7-5-4-6-8-16/h4-15,22-23,26-27H,1-3H3,(H,28,29). The fourth-order valence-electron chi connectivity index (χ4n) is 4.02. The third-order valence-electron chi connectivity index (χ3n) is 5.74. The molecule has 32 heavy (non-hydrogen) atoms. The van der Waals surface area contributed by atoms with Gasteiger partial charge in [0.2, 0.25) is 0 Å². The largest absolute Gasteiger partial charge is 0.480 e. The summed E-state index contributed by atoms with van der Waals surface area (Å²) < 4.78 is 28.8. The fraction of sp³-hybridized carbons (Fsp3) is 0.240. The van der Waals surface area contributed by atoms with E-state index in [0.717, 1.165) is 11.1 Å². The van der Waals surface area contributed by atoms with Gasteiger partial charge in [-0.3, -0.25) is 4.72 Å². The Morgan fingerprint density at radius 1 is 0.969 bits per heavy atom. The van der Waals surface area contributed by atoms with Crippen LogP contribution >= 0.6 is 0 Å². The Bertz CT molecular complexity index is 1250. The molecule has 4 rings (SSSR count). The predicted molar refractivity (Wildman–Crippen MR) is 126 cm³/mol. The molecule has 3 aromatic rings. The third kappa shape index (κ3) is 4.21. The number of anilines is 2. The number of fused-ring (bicyclic) bond motifs is 1. The lowest BCUT2D eigenvalue weighted by Gasteiger charge is -2.19. The number of hydrogen-bond donors (Lipinski definition) is 3. The van der Waals surface area contributed by atoms with Crippen LogP contribution < -0.4 is 10.0 Å². The number of benzene rings is 3. The maximum atomic E-state index is 13.1. The zero-order valence-corrected chi connectivity index (χ0v) is 19.0. The van der Waals surface area contributed by atoms with Crippen LogP contribution in [-0.4, -0.2) is 25.5 Å². The molecular formula is C25H26N2O4S. The first-order chi connectivity index (χ1) is 15.1. The van der Waals surface area contributed by atoms with E-state index in [4.69, 9.17) is 0 Å². The van der Waals surface area contributed by atoms with Gasteiger partial charge >= 0.3 is 5.97 Å². The quantitative estimate of drug-likeness (QED) is 0.519. The van der Waals surface area contributed by atoms with Gasteiger partial charge in [-0.25, -0.2) is 13.2 Å². The fourth-order valence-corrected chi connectivity index (χ4v) is 5.11. The summed E-state index contributed by atoms with van der Waals surface area (Å²) >= 11 is 0. The van der Waals surface area contributed by atoms with Gasteiger partial charge in [-0.15, -0.1) is 0 Å². The van der Waals surface area contributed by atoms with Crippen molar-refractivity contribution >= 4 is 27.4 Å². The molecule has 2 atom stereocenters. The maximum absolute atomic E-state index is 13.1. The van der Waals surface area contributed by atoms with Crippen molar-refractivity contribution in [2.75, 3.05) is 10.0 Å². The summed E-state index contributed by atoms with van der Waals surface area (Å²) in [6.45, 7) is 6.29. The van der Waals surface area contributed by atoms with Gasteiger partial charge in [0.1, 0.15) is 6.04 Å². The van der Waals surface area contributed by atoms with Crippen molar-refractivity contribution in [2.45, 2.75) is 43.0 Å². The van der Waals surface area contributed by atoms with E-state index < -0.39 is 28.0 Å². The van der Waals surface area contributed by atoms with Crippen molar-refractivity contribution in [1.29, 1.82) is 0 Å². The van der Waals surface area contributed by atoms with Crippen LogP contribution in [-0.2, 0) is 20.2 Å². The molecule has 7 heteroatoms. The molecule has 1 aliphatic rings. The summed E-state index contributed by atoms with van der Waals surface area (Å²) in [5.41, 5.74) is 3.63. The minimum atomic E-state index is -3.85. The smallest absolute Gasteiger partial charge is 0.327 e. The molecule has 0 spiro atoms. The van der Waals surface area contributed by atoms with Crippen molar-refractivity contribution in [3.8, 4) is 0 Å². The highest BCUT2D eigenvalue weighted by atomic mass is 32.2. The monoisotopic (exact) mass is 450 g/mol. The second kappa shape index (κ2) is 7.98. The Hall–Kier alpha value is -3.32. The highest BCUT2D eigenvalue weighted by Crippen LogP contribution is 2.41. The second-order valence-electron chi connectivity index (χ2n) is 9.03. The summed E-state index contributed by atoms with van der Waals surface area (Å²) in [7, 11) is -3.85. The molecule has 0 bridgehead atoms. The third-order valence-corrected chi connectivity index (χ3v) is 7.12. The van der Waals surface area contributed by atoms with Crippen LogP contribution in [0.3, 0.4) is 0 Å². The van der Waals surface area contributed by atoms with E-state index in [2.05, 4.69) is 30.8 Å². The Morgan fingerprint density at radius 3 is 2.22 bits per heavy atom. The molecule has 0 fully saturated rings. The average Bonchev–Trinajstić information content (AvgIpc) is 3.13. The molecule has 0 aromatic heterocycles. The van der Waals surface area contributed by atoms with Crippen molar-refractivity contribution in [3.63, 3.8) is 0 Å². The van der Waals surface area contributed by atoms with Crippen LogP contribution in [0.15, 0.2) is 77.7 Å². The highest BCUT2D eigenvalue weighted by molar-refractivity contribution is 7.92. The normalized spacial score (nSPS) is 18.0. The van der Waals surface area contributed by atoms with Crippen molar-refractivity contribution in [2.24, 2.45) is 0 Å². The Balaban J connectivity index is 1.68. The number of carboxylic acid groups (broad SMARTS) is 1. The van der Waals surface area contributed by atoms with Crippen LogP contribution in [0, 0.1) is 0 Å². The molecule has 3 N–H and O–H groups in total. The molecule has 0 saturated carbocycles. The van der Waals surface area contributed by atoms with E-state index >= 15 is 0 Å². The topological polar surface area (TPSA) is 95.5 Å². The first kappa shape index (κ1) is 21.9. The molecule has 0 aliphatic carbocycles. The first-order valence-electron chi connectivity index (χ1n) is 10.4. The second-order valence-corrected chi connectivity index (χ2v) is 10.7. The minimum Gasteiger partial charge on any atom is -0.480 e. The lowest BCUT2D eigenvalue weighted by atomic mass is 9.87. The Kier molecular flexibility index (Phi) is 5.46. The molecule has 2 unspecified atom stereocenters. The van der Waals surface area contributed by atoms with E-state index in [1.54, 1.807) is 24.3 Å². The van der Waals surface area contributed by atoms with Gasteiger partial charge in [0, 0.05) is 17.3 Å². The number of rotatable bonds is 5. The van der Waals surface area contributed by atoms with Gasteiger partial charge in [0.25, 0.3) is 10.0 Å².